The Kier molecular flexibility index (Phi) is 17.0. The first-order valence-electron chi connectivity index (χ1n) is 17.6. The van der Waals surface area contributed by atoms with Gasteiger partial charge in [0.15, 0.2) is 0 Å². The average Bonchev–Trinajstić information content (AvgIpc) is 3.76. The standard InChI is InChI=1S/C32H49N5Si.2CHF3O3S.Fe/c1-23(2)38(24(3)4,25(5)6)27-17-16-26(33-20-27)21-36-18-10-14-30(36)31-15-11-19-37(31)22-32-34-28-12-8-9-13-29(28)35(32)7;2*2-1(3,4)8(5,6)7;/h8-9,12-13,16-17,20,23-25,30-31H,10-11,14-15,18-19,21-22H2,1-7H3;2*(H,5,6,7);/q;;;+2. The Morgan fingerprint density at radius 1 is 0.764 bits per heavy atom. The monoisotopic (exact) mass is 887 g/mol. The first kappa shape index (κ1) is 49.0. The van der Waals surface area contributed by atoms with E-state index in [1.165, 1.54) is 55.8 Å². The summed E-state index contributed by atoms with van der Waals surface area (Å²) in [5.41, 5.74) is -5.36. The van der Waals surface area contributed by atoms with E-state index in [1.54, 1.807) is 5.19 Å². The molecule has 4 heterocycles. The van der Waals surface area contributed by atoms with Gasteiger partial charge in [-0.2, -0.15) is 43.2 Å². The van der Waals surface area contributed by atoms with Crippen LogP contribution in [0.25, 0.3) is 11.0 Å². The molecule has 2 aromatic heterocycles. The van der Waals surface area contributed by atoms with Crippen LogP contribution in [0.3, 0.4) is 0 Å². The van der Waals surface area contributed by atoms with Crippen molar-refractivity contribution >= 4 is 44.5 Å². The number of halogens is 6. The van der Waals surface area contributed by atoms with Gasteiger partial charge in [-0.15, -0.1) is 0 Å². The summed E-state index contributed by atoms with van der Waals surface area (Å²) in [4.78, 5) is 15.5. The van der Waals surface area contributed by atoms with Crippen LogP contribution in [-0.2, 0) is 57.4 Å². The first-order chi connectivity index (χ1) is 24.7. The molecule has 0 bridgehead atoms. The largest absolute Gasteiger partial charge is 2.00 e. The van der Waals surface area contributed by atoms with Crippen molar-refractivity contribution in [2.45, 2.75) is 120 Å². The van der Waals surface area contributed by atoms with E-state index in [0.29, 0.717) is 28.7 Å². The summed E-state index contributed by atoms with van der Waals surface area (Å²) in [6.07, 6.45) is 7.44. The molecule has 2 aliphatic heterocycles. The van der Waals surface area contributed by atoms with Gasteiger partial charge < -0.3 is 4.57 Å². The zero-order valence-electron chi connectivity index (χ0n) is 31.8. The van der Waals surface area contributed by atoms with Gasteiger partial charge in [0.25, 0.3) is 0 Å². The quantitative estimate of drug-likeness (QED) is 0.0975. The number of imidazole rings is 1. The molecule has 11 nitrogen and oxygen atoms in total. The van der Waals surface area contributed by atoms with Crippen molar-refractivity contribution in [2.75, 3.05) is 13.1 Å². The second-order valence-corrected chi connectivity index (χ2v) is 23.4. The molecule has 2 fully saturated rings. The maximum Gasteiger partial charge on any atom is 2.00 e. The van der Waals surface area contributed by atoms with E-state index in [4.69, 9.17) is 35.9 Å². The van der Waals surface area contributed by atoms with Crippen molar-refractivity contribution < 1.29 is 69.4 Å². The predicted octanol–water partition coefficient (Wildman–Crippen LogP) is 7.27. The fraction of sp³-hybridized carbons (Fsp3) is 0.647. The second kappa shape index (κ2) is 19.1. The van der Waals surface area contributed by atoms with Crippen molar-refractivity contribution in [3.63, 3.8) is 0 Å². The van der Waals surface area contributed by atoms with Crippen LogP contribution in [-0.4, -0.2) is 94.5 Å². The van der Waals surface area contributed by atoms with Crippen LogP contribution < -0.4 is 5.19 Å². The van der Waals surface area contributed by atoms with E-state index in [1.807, 2.05) is 0 Å². The first-order valence-corrected chi connectivity index (χ1v) is 22.8. The molecule has 2 atom stereocenters. The third-order valence-electron chi connectivity index (χ3n) is 10.6. The van der Waals surface area contributed by atoms with Gasteiger partial charge in [0, 0.05) is 31.9 Å². The van der Waals surface area contributed by atoms with Gasteiger partial charge in [0.2, 0.25) is 0 Å². The number of hydrogen-bond donors (Lipinski definition) is 2. The Hall–Kier alpha value is -2.10. The van der Waals surface area contributed by atoms with Crippen LogP contribution in [0.2, 0.25) is 16.6 Å². The number of rotatable bonds is 9. The Labute approximate surface area is 331 Å². The minimum absolute atomic E-state index is 0. The van der Waals surface area contributed by atoms with Gasteiger partial charge >= 0.3 is 48.3 Å². The summed E-state index contributed by atoms with van der Waals surface area (Å²) in [6.45, 7) is 18.9. The normalized spacial score (nSPS) is 19.0. The van der Waals surface area contributed by atoms with E-state index < -0.39 is 39.3 Å². The Bertz CT molecular complexity index is 1850. The molecule has 3 aromatic rings. The van der Waals surface area contributed by atoms with Crippen LogP contribution in [0.15, 0.2) is 42.6 Å². The number of aryl methyl sites for hydroxylation is 1. The summed E-state index contributed by atoms with van der Waals surface area (Å²) in [7, 11) is -11.2. The molecule has 2 aliphatic rings. The topological polar surface area (TPSA) is 146 Å². The number of nitrogens with zero attached hydrogens (tertiary/aromatic N) is 5. The third-order valence-corrected chi connectivity index (χ3v) is 18.8. The van der Waals surface area contributed by atoms with Crippen molar-refractivity contribution in [3.8, 4) is 0 Å². The maximum absolute atomic E-state index is 10.7. The molecule has 0 radical (unpaired) electrons. The minimum atomic E-state index is -5.84. The maximum atomic E-state index is 10.7. The molecule has 21 heteroatoms. The molecule has 0 saturated carbocycles. The van der Waals surface area contributed by atoms with Crippen molar-refractivity contribution in [2.24, 2.45) is 7.05 Å². The van der Waals surface area contributed by atoms with Gasteiger partial charge in [0.05, 0.1) is 31.3 Å². The molecule has 5 rings (SSSR count). The molecule has 0 aliphatic carbocycles. The van der Waals surface area contributed by atoms with E-state index in [-0.39, 0.29) is 17.1 Å². The fourth-order valence-electron chi connectivity index (χ4n) is 8.47. The summed E-state index contributed by atoms with van der Waals surface area (Å²) in [5.74, 6) is 1.19. The predicted molar refractivity (Wildman–Crippen MR) is 198 cm³/mol. The number of aromatic nitrogens is 3. The molecular weight excluding hydrogens is 836 g/mol. The summed E-state index contributed by atoms with van der Waals surface area (Å²) in [5, 5.41) is 1.55. The summed E-state index contributed by atoms with van der Waals surface area (Å²) in [6, 6.07) is 14.5. The molecule has 55 heavy (non-hydrogen) atoms. The number of likely N-dealkylation sites (tertiary alicyclic amines) is 2. The van der Waals surface area contributed by atoms with Crippen molar-refractivity contribution in [1.82, 2.24) is 24.3 Å². The molecule has 0 spiro atoms. The molecule has 0 amide bonds. The van der Waals surface area contributed by atoms with Crippen LogP contribution in [0.5, 0.6) is 0 Å². The van der Waals surface area contributed by atoms with Crippen LogP contribution in [0, 0.1) is 0 Å². The number of hydrogen-bond acceptors (Lipinski definition) is 8. The van der Waals surface area contributed by atoms with Gasteiger partial charge in [-0.05, 0) is 78.8 Å². The number of fused-ring (bicyclic) bond motifs is 1. The molecule has 2 saturated heterocycles. The molecule has 2 N–H and O–H groups in total. The van der Waals surface area contributed by atoms with Crippen LogP contribution >= 0.6 is 0 Å². The smallest absolute Gasteiger partial charge is 0.330 e. The van der Waals surface area contributed by atoms with Gasteiger partial charge in [-0.25, -0.2) is 4.98 Å². The van der Waals surface area contributed by atoms with Crippen molar-refractivity contribution in [1.29, 1.82) is 0 Å². The Morgan fingerprint density at radius 2 is 1.20 bits per heavy atom. The van der Waals surface area contributed by atoms with Crippen molar-refractivity contribution in [3.05, 3.63) is 54.1 Å². The third kappa shape index (κ3) is 11.7. The number of alkyl halides is 6. The number of benzene rings is 1. The zero-order chi connectivity index (χ0) is 41.0. The Morgan fingerprint density at radius 3 is 1.58 bits per heavy atom. The number of pyridine rings is 1. The summed E-state index contributed by atoms with van der Waals surface area (Å²) < 4.78 is 117. The van der Waals surface area contributed by atoms with Crippen LogP contribution in [0.4, 0.5) is 26.3 Å². The Balaban J connectivity index is 0.000000517. The van der Waals surface area contributed by atoms with Gasteiger partial charge in [-0.3, -0.25) is 23.9 Å². The van der Waals surface area contributed by atoms with E-state index in [9.17, 15) is 26.3 Å². The van der Waals surface area contributed by atoms with Gasteiger partial charge in [-0.1, -0.05) is 59.7 Å². The van der Waals surface area contributed by atoms with E-state index in [2.05, 4.69) is 106 Å². The zero-order valence-corrected chi connectivity index (χ0v) is 35.5. The summed E-state index contributed by atoms with van der Waals surface area (Å²) >= 11 is 0. The molecule has 2 unspecified atom stereocenters. The molecule has 1 aromatic carbocycles. The van der Waals surface area contributed by atoms with Gasteiger partial charge in [0.1, 0.15) is 5.82 Å². The number of para-hydroxylation sites is 2. The van der Waals surface area contributed by atoms with Crippen LogP contribution in [0.1, 0.15) is 78.7 Å². The fourth-order valence-corrected chi connectivity index (χ4v) is 15.1. The molecule has 312 valence electrons. The van der Waals surface area contributed by atoms with E-state index in [0.717, 1.165) is 18.6 Å². The average molecular weight is 888 g/mol. The SMILES string of the molecule is CC(C)[Si](c1ccc(CN2CCCC2C2CCCN2Cc2nc3ccccc3n2C)nc1)(C(C)C)C(C)C.O=S(=O)(O)C(F)(F)F.O=S(=O)(O)C(F)(F)F.[Fe+2]. The second-order valence-electron chi connectivity index (χ2n) is 14.7. The molecular formula is C34H51F6FeN5O6S2Si+2. The minimum Gasteiger partial charge on any atom is -0.330 e. The van der Waals surface area contributed by atoms with E-state index >= 15 is 0 Å².